The van der Waals surface area contributed by atoms with Gasteiger partial charge >= 0.3 is 0 Å². The van der Waals surface area contributed by atoms with Crippen LogP contribution in [0, 0.1) is 0 Å². The van der Waals surface area contributed by atoms with Crippen LogP contribution in [0.15, 0.2) is 42.5 Å². The molecule has 31 heavy (non-hydrogen) atoms. The van der Waals surface area contributed by atoms with Gasteiger partial charge in [0.05, 0.1) is 0 Å². The van der Waals surface area contributed by atoms with Crippen LogP contribution in [0.2, 0.25) is 15.1 Å². The van der Waals surface area contributed by atoms with E-state index in [1.165, 1.54) is 18.4 Å². The number of rotatable bonds is 8. The molecule has 1 amide bonds. The zero-order chi connectivity index (χ0) is 22.6. The average Bonchev–Trinajstić information content (AvgIpc) is 3.20. The van der Waals surface area contributed by atoms with Crippen LogP contribution in [0.3, 0.4) is 0 Å². The Kier molecular flexibility index (Phi) is 8.14. The molecule has 2 aromatic rings. The summed E-state index contributed by atoms with van der Waals surface area (Å²) >= 11 is 18.2. The Balaban J connectivity index is 1.70. The Morgan fingerprint density at radius 3 is 2.19 bits per heavy atom. The molecule has 0 bridgehead atoms. The van der Waals surface area contributed by atoms with Crippen LogP contribution in [0.25, 0.3) is 0 Å². The molecule has 1 aliphatic rings. The van der Waals surface area contributed by atoms with E-state index in [1.54, 1.807) is 32.0 Å². The first-order valence-corrected chi connectivity index (χ1v) is 11.7. The van der Waals surface area contributed by atoms with Crippen LogP contribution in [-0.2, 0) is 11.2 Å². The van der Waals surface area contributed by atoms with Gasteiger partial charge in [-0.05, 0) is 89.0 Å². The minimum absolute atomic E-state index is 0.0629. The van der Waals surface area contributed by atoms with E-state index in [-0.39, 0.29) is 18.0 Å². The number of hydrogen-bond donors (Lipinski definition) is 1. The highest BCUT2D eigenvalue weighted by molar-refractivity contribution is 6.34. The molecule has 4 nitrogen and oxygen atoms in total. The third kappa shape index (κ3) is 6.76. The molecule has 1 aliphatic heterocycles. The maximum atomic E-state index is 13.1. The molecule has 0 saturated carbocycles. The summed E-state index contributed by atoms with van der Waals surface area (Å²) in [4.78, 5) is 15.6. The van der Waals surface area contributed by atoms with Crippen LogP contribution in [0.5, 0.6) is 5.75 Å². The van der Waals surface area contributed by atoms with Gasteiger partial charge in [0.25, 0.3) is 5.91 Å². The summed E-state index contributed by atoms with van der Waals surface area (Å²) in [6.07, 6.45) is 3.20. The van der Waals surface area contributed by atoms with E-state index in [1.807, 2.05) is 12.1 Å². The van der Waals surface area contributed by atoms with Gasteiger partial charge in [-0.2, -0.15) is 0 Å². The van der Waals surface area contributed by atoms with E-state index in [9.17, 15) is 4.79 Å². The van der Waals surface area contributed by atoms with Crippen molar-refractivity contribution in [2.24, 2.45) is 0 Å². The lowest BCUT2D eigenvalue weighted by Crippen LogP contribution is -2.56. The van der Waals surface area contributed by atoms with Crippen LogP contribution in [0.1, 0.15) is 39.2 Å². The summed E-state index contributed by atoms with van der Waals surface area (Å²) < 4.78 is 5.95. The molecular formula is C24H29Cl3N2O2. The number of halogens is 3. The van der Waals surface area contributed by atoms with Crippen molar-refractivity contribution < 1.29 is 9.53 Å². The third-order valence-electron chi connectivity index (χ3n) is 5.66. The third-order valence-corrected chi connectivity index (χ3v) is 6.35. The van der Waals surface area contributed by atoms with Crippen molar-refractivity contribution in [1.82, 2.24) is 10.2 Å². The van der Waals surface area contributed by atoms with E-state index in [0.29, 0.717) is 15.8 Å². The van der Waals surface area contributed by atoms with Gasteiger partial charge in [-0.3, -0.25) is 9.69 Å². The fourth-order valence-electron chi connectivity index (χ4n) is 3.96. The molecule has 3 rings (SSSR count). The van der Waals surface area contributed by atoms with Gasteiger partial charge in [-0.25, -0.2) is 0 Å². The fourth-order valence-corrected chi connectivity index (χ4v) is 4.59. The summed E-state index contributed by atoms with van der Waals surface area (Å²) in [6, 6.07) is 13.0. The zero-order valence-corrected chi connectivity index (χ0v) is 20.4. The Morgan fingerprint density at radius 2 is 1.61 bits per heavy atom. The molecule has 7 heteroatoms. The van der Waals surface area contributed by atoms with Crippen molar-refractivity contribution in [2.75, 3.05) is 13.1 Å². The van der Waals surface area contributed by atoms with E-state index < -0.39 is 5.60 Å². The maximum Gasteiger partial charge on any atom is 0.263 e. The minimum atomic E-state index is -1.09. The van der Waals surface area contributed by atoms with Gasteiger partial charge in [-0.1, -0.05) is 46.9 Å². The molecule has 1 N–H and O–H groups in total. The molecule has 0 radical (unpaired) electrons. The molecule has 0 spiro atoms. The van der Waals surface area contributed by atoms with Crippen molar-refractivity contribution in [3.05, 3.63) is 63.1 Å². The molecule has 2 aromatic carbocycles. The molecule has 1 heterocycles. The first-order valence-electron chi connectivity index (χ1n) is 10.6. The molecule has 1 fully saturated rings. The van der Waals surface area contributed by atoms with Crippen LogP contribution in [-0.4, -0.2) is 41.6 Å². The number of amides is 1. The molecule has 0 aromatic heterocycles. The van der Waals surface area contributed by atoms with Gasteiger partial charge < -0.3 is 10.1 Å². The zero-order valence-electron chi connectivity index (χ0n) is 18.1. The normalized spacial score (nSPS) is 16.7. The highest BCUT2D eigenvalue weighted by Crippen LogP contribution is 2.27. The number of carbonyl (C=O) groups excluding carboxylic acids is 1. The largest absolute Gasteiger partial charge is 0.478 e. The Labute approximate surface area is 199 Å². The molecule has 2 atom stereocenters. The summed E-state index contributed by atoms with van der Waals surface area (Å²) in [5.41, 5.74) is 0.115. The number of likely N-dealkylation sites (tertiary alicyclic amines) is 1. The lowest BCUT2D eigenvalue weighted by Gasteiger charge is -2.35. The second-order valence-corrected chi connectivity index (χ2v) is 9.93. The Morgan fingerprint density at radius 1 is 1.03 bits per heavy atom. The van der Waals surface area contributed by atoms with Crippen LogP contribution < -0.4 is 10.1 Å². The van der Waals surface area contributed by atoms with Gasteiger partial charge in [-0.15, -0.1) is 0 Å². The quantitative estimate of drug-likeness (QED) is 0.499. The van der Waals surface area contributed by atoms with E-state index in [0.717, 1.165) is 24.5 Å². The summed E-state index contributed by atoms with van der Waals surface area (Å²) in [7, 11) is 0. The van der Waals surface area contributed by atoms with Gasteiger partial charge in [0.1, 0.15) is 5.75 Å². The number of nitrogens with one attached hydrogen (secondary N) is 1. The Hall–Kier alpha value is -1.46. The lowest BCUT2D eigenvalue weighted by molar-refractivity contribution is -0.135. The SMILES string of the molecule is CC(NC(=O)C(C)(C)Oc1cc(Cl)cc(Cl)c1)C(Cc1ccc(Cl)cc1)N1CCCC1. The van der Waals surface area contributed by atoms with Crippen molar-refractivity contribution in [2.45, 2.75) is 57.7 Å². The van der Waals surface area contributed by atoms with Crippen LogP contribution >= 0.6 is 34.8 Å². The number of hydrogen-bond acceptors (Lipinski definition) is 3. The van der Waals surface area contributed by atoms with Crippen molar-refractivity contribution in [3.63, 3.8) is 0 Å². The average molecular weight is 484 g/mol. The highest BCUT2D eigenvalue weighted by Gasteiger charge is 2.34. The lowest BCUT2D eigenvalue weighted by atomic mass is 9.98. The number of benzene rings is 2. The highest BCUT2D eigenvalue weighted by atomic mass is 35.5. The minimum Gasteiger partial charge on any atom is -0.478 e. The van der Waals surface area contributed by atoms with E-state index >= 15 is 0 Å². The smallest absolute Gasteiger partial charge is 0.263 e. The molecule has 2 unspecified atom stereocenters. The standard InChI is InChI=1S/C24H29Cl3N2O2/c1-16(22(29-10-4-5-11-29)12-17-6-8-18(25)9-7-17)28-23(30)24(2,3)31-21-14-19(26)13-20(27)15-21/h6-9,13-16,22H,4-5,10-12H2,1-3H3,(H,28,30). The predicted octanol–water partition coefficient (Wildman–Crippen LogP) is 6.02. The summed E-state index contributed by atoms with van der Waals surface area (Å²) in [5.74, 6) is 0.277. The second kappa shape index (κ2) is 10.4. The fraction of sp³-hybridized carbons (Fsp3) is 0.458. The topological polar surface area (TPSA) is 41.6 Å². The monoisotopic (exact) mass is 482 g/mol. The van der Waals surface area contributed by atoms with E-state index in [4.69, 9.17) is 39.5 Å². The number of carbonyl (C=O) groups is 1. The molecule has 1 saturated heterocycles. The van der Waals surface area contributed by atoms with Crippen molar-refractivity contribution in [1.29, 1.82) is 0 Å². The van der Waals surface area contributed by atoms with Gasteiger partial charge in [0.2, 0.25) is 0 Å². The predicted molar refractivity (Wildman–Crippen MR) is 129 cm³/mol. The molecule has 168 valence electrons. The number of nitrogens with zero attached hydrogens (tertiary/aromatic N) is 1. The van der Waals surface area contributed by atoms with Crippen molar-refractivity contribution >= 4 is 40.7 Å². The maximum absolute atomic E-state index is 13.1. The van der Waals surface area contributed by atoms with Gasteiger partial charge in [0, 0.05) is 27.2 Å². The first kappa shape index (κ1) is 24.2. The van der Waals surface area contributed by atoms with Crippen LogP contribution in [0.4, 0.5) is 0 Å². The second-order valence-electron chi connectivity index (χ2n) is 8.62. The summed E-state index contributed by atoms with van der Waals surface area (Å²) in [6.45, 7) is 7.63. The molecule has 0 aliphatic carbocycles. The van der Waals surface area contributed by atoms with E-state index in [2.05, 4.69) is 29.3 Å². The first-order chi connectivity index (χ1) is 14.6. The summed E-state index contributed by atoms with van der Waals surface area (Å²) in [5, 5.41) is 4.83. The van der Waals surface area contributed by atoms with Crippen molar-refractivity contribution in [3.8, 4) is 5.75 Å². The molecular weight excluding hydrogens is 455 g/mol. The Bertz CT molecular complexity index is 876. The van der Waals surface area contributed by atoms with Gasteiger partial charge in [0.15, 0.2) is 5.60 Å². The number of ether oxygens (including phenoxy) is 1.